The number of benzene rings is 2. The number of nitrogens with zero attached hydrogens (tertiary/aromatic N) is 1. The first kappa shape index (κ1) is 21.0. The van der Waals surface area contributed by atoms with Crippen molar-refractivity contribution in [3.05, 3.63) is 57.1 Å². The Morgan fingerprint density at radius 2 is 2.00 bits per heavy atom. The van der Waals surface area contributed by atoms with Crippen molar-refractivity contribution in [3.8, 4) is 11.5 Å². The molecule has 2 N–H and O–H groups in total. The minimum absolute atomic E-state index is 0.0330. The summed E-state index contributed by atoms with van der Waals surface area (Å²) in [5, 5.41) is 12.6. The Kier molecular flexibility index (Phi) is 6.04. The smallest absolute Gasteiger partial charge is 0.270 e. The topological polar surface area (TPSA) is 78.9 Å². The van der Waals surface area contributed by atoms with Crippen molar-refractivity contribution < 1.29 is 19.4 Å². The van der Waals surface area contributed by atoms with Gasteiger partial charge in [-0.1, -0.05) is 28.1 Å². The van der Waals surface area contributed by atoms with Gasteiger partial charge < -0.3 is 9.84 Å². The monoisotopic (exact) mass is 474 g/mol. The number of carbonyl (C=O) groups excluding carboxylic acids is 2. The fourth-order valence-corrected chi connectivity index (χ4v) is 3.67. The molecule has 3 rings (SSSR count). The first-order valence-electron chi connectivity index (χ1n) is 8.87. The minimum atomic E-state index is -0.584. The largest absolute Gasteiger partial charge is 0.504 e. The molecule has 0 radical (unpaired) electrons. The van der Waals surface area contributed by atoms with Crippen LogP contribution >= 0.6 is 28.1 Å². The average Bonchev–Trinajstić information content (AvgIpc) is 2.65. The second-order valence-electron chi connectivity index (χ2n) is 6.45. The summed E-state index contributed by atoms with van der Waals surface area (Å²) in [6, 6.07) is 8.57. The molecule has 0 aromatic heterocycles. The lowest BCUT2D eigenvalue weighted by Gasteiger charge is -2.30. The lowest BCUT2D eigenvalue weighted by atomic mass is 10.0. The Labute approximate surface area is 182 Å². The molecule has 1 aliphatic rings. The molecule has 0 saturated carbocycles. The zero-order valence-electron chi connectivity index (χ0n) is 16.1. The van der Waals surface area contributed by atoms with Crippen molar-refractivity contribution in [3.63, 3.8) is 0 Å². The lowest BCUT2D eigenvalue weighted by molar-refractivity contribution is -0.122. The van der Waals surface area contributed by atoms with Crippen LogP contribution in [-0.4, -0.2) is 28.6 Å². The van der Waals surface area contributed by atoms with E-state index in [1.807, 2.05) is 26.0 Å². The number of phenolic OH excluding ortho intramolecular Hbond substituents is 1. The van der Waals surface area contributed by atoms with Crippen molar-refractivity contribution in [1.29, 1.82) is 0 Å². The van der Waals surface area contributed by atoms with Gasteiger partial charge in [-0.05, 0) is 74.0 Å². The number of aryl methyl sites for hydroxylation is 1. The number of phenols is 1. The molecule has 1 saturated heterocycles. The minimum Gasteiger partial charge on any atom is -0.504 e. The lowest BCUT2D eigenvalue weighted by Crippen LogP contribution is -2.54. The summed E-state index contributed by atoms with van der Waals surface area (Å²) in [5.41, 5.74) is 2.95. The van der Waals surface area contributed by atoms with Crippen LogP contribution in [0, 0.1) is 13.8 Å². The molecule has 0 spiro atoms. The molecule has 2 aromatic carbocycles. The van der Waals surface area contributed by atoms with Crippen molar-refractivity contribution >= 4 is 56.8 Å². The quantitative estimate of drug-likeness (QED) is 0.397. The highest BCUT2D eigenvalue weighted by atomic mass is 79.9. The third-order valence-electron chi connectivity index (χ3n) is 4.60. The number of thiocarbonyl (C=S) groups is 1. The van der Waals surface area contributed by atoms with E-state index in [0.29, 0.717) is 22.3 Å². The number of rotatable bonds is 4. The SMILES string of the molecule is CCOc1cc(/C=C2\C(=O)NC(=S)N(c3cccc(C)c3C)C2=O)c(Br)cc1O. The van der Waals surface area contributed by atoms with Gasteiger partial charge in [0.2, 0.25) is 0 Å². The van der Waals surface area contributed by atoms with E-state index >= 15 is 0 Å². The number of carbonyl (C=O) groups is 2. The highest BCUT2D eigenvalue weighted by Crippen LogP contribution is 2.34. The number of ether oxygens (including phenoxy) is 1. The van der Waals surface area contributed by atoms with E-state index in [1.165, 1.54) is 17.0 Å². The number of aromatic hydroxyl groups is 1. The van der Waals surface area contributed by atoms with Crippen molar-refractivity contribution in [2.75, 3.05) is 11.5 Å². The third kappa shape index (κ3) is 4.04. The summed E-state index contributed by atoms with van der Waals surface area (Å²) in [7, 11) is 0. The predicted octanol–water partition coefficient (Wildman–Crippen LogP) is 4.00. The van der Waals surface area contributed by atoms with Crippen LogP contribution in [0.25, 0.3) is 6.08 Å². The second-order valence-corrected chi connectivity index (χ2v) is 7.69. The van der Waals surface area contributed by atoms with Crippen LogP contribution < -0.4 is 15.0 Å². The number of halogens is 1. The van der Waals surface area contributed by atoms with Gasteiger partial charge in [0, 0.05) is 4.47 Å². The Morgan fingerprint density at radius 3 is 2.69 bits per heavy atom. The standard InChI is InChI=1S/C21H19BrN2O4S/c1-4-28-18-9-13(15(22)10-17(18)25)8-14-19(26)23-21(29)24(20(14)27)16-7-5-6-11(2)12(16)3/h5-10,25H,4H2,1-3H3,(H,23,26,29)/b14-8+. The molecule has 2 aromatic rings. The Morgan fingerprint density at radius 1 is 1.28 bits per heavy atom. The number of hydrogen-bond acceptors (Lipinski definition) is 5. The average molecular weight is 475 g/mol. The van der Waals surface area contributed by atoms with Crippen LogP contribution in [0.1, 0.15) is 23.6 Å². The summed E-state index contributed by atoms with van der Waals surface area (Å²) in [5.74, 6) is -0.892. The van der Waals surface area contributed by atoms with Crippen LogP contribution in [0.15, 0.2) is 40.4 Å². The molecule has 0 atom stereocenters. The molecule has 6 nitrogen and oxygen atoms in total. The van der Waals surface area contributed by atoms with E-state index in [9.17, 15) is 14.7 Å². The fraction of sp³-hybridized carbons (Fsp3) is 0.190. The highest BCUT2D eigenvalue weighted by Gasteiger charge is 2.35. The van der Waals surface area contributed by atoms with Gasteiger partial charge in [0.25, 0.3) is 11.8 Å². The normalized spacial score (nSPS) is 15.7. The summed E-state index contributed by atoms with van der Waals surface area (Å²) in [6.45, 7) is 5.99. The van der Waals surface area contributed by atoms with E-state index in [4.69, 9.17) is 17.0 Å². The molecule has 150 valence electrons. The van der Waals surface area contributed by atoms with Gasteiger partial charge in [-0.15, -0.1) is 0 Å². The van der Waals surface area contributed by atoms with Crippen LogP contribution in [-0.2, 0) is 9.59 Å². The predicted molar refractivity (Wildman–Crippen MR) is 119 cm³/mol. The molecule has 29 heavy (non-hydrogen) atoms. The summed E-state index contributed by atoms with van der Waals surface area (Å²) >= 11 is 8.62. The molecule has 0 aliphatic carbocycles. The molecular formula is C21H19BrN2O4S. The summed E-state index contributed by atoms with van der Waals surface area (Å²) in [4.78, 5) is 27.1. The number of hydrogen-bond donors (Lipinski definition) is 2. The summed E-state index contributed by atoms with van der Waals surface area (Å²) < 4.78 is 5.91. The van der Waals surface area contributed by atoms with Gasteiger partial charge in [-0.25, -0.2) is 0 Å². The van der Waals surface area contributed by atoms with Crippen molar-refractivity contribution in [2.45, 2.75) is 20.8 Å². The maximum atomic E-state index is 13.2. The van der Waals surface area contributed by atoms with Gasteiger partial charge in [0.15, 0.2) is 16.6 Å². The molecule has 0 unspecified atom stereocenters. The van der Waals surface area contributed by atoms with Gasteiger partial charge in [-0.2, -0.15) is 0 Å². The maximum Gasteiger partial charge on any atom is 0.270 e. The van der Waals surface area contributed by atoms with Crippen LogP contribution in [0.3, 0.4) is 0 Å². The maximum absolute atomic E-state index is 13.2. The zero-order chi connectivity index (χ0) is 21.3. The van der Waals surface area contributed by atoms with Gasteiger partial charge in [0.05, 0.1) is 12.3 Å². The Hall–Kier alpha value is -2.71. The number of nitrogens with one attached hydrogen (secondary N) is 1. The number of amides is 2. The first-order chi connectivity index (χ1) is 13.7. The zero-order valence-corrected chi connectivity index (χ0v) is 18.5. The van der Waals surface area contributed by atoms with Crippen molar-refractivity contribution in [1.82, 2.24) is 5.32 Å². The van der Waals surface area contributed by atoms with Crippen molar-refractivity contribution in [2.24, 2.45) is 0 Å². The van der Waals surface area contributed by atoms with Gasteiger partial charge >= 0.3 is 0 Å². The highest BCUT2D eigenvalue weighted by molar-refractivity contribution is 9.10. The molecular weight excluding hydrogens is 456 g/mol. The molecule has 0 bridgehead atoms. The molecule has 8 heteroatoms. The van der Waals surface area contributed by atoms with E-state index in [0.717, 1.165) is 11.1 Å². The Bertz CT molecular complexity index is 1060. The summed E-state index contributed by atoms with van der Waals surface area (Å²) in [6.07, 6.45) is 1.45. The van der Waals surface area contributed by atoms with E-state index < -0.39 is 11.8 Å². The van der Waals surface area contributed by atoms with Gasteiger partial charge in [-0.3, -0.25) is 19.8 Å². The van der Waals surface area contributed by atoms with E-state index in [1.54, 1.807) is 19.1 Å². The first-order valence-corrected chi connectivity index (χ1v) is 10.1. The van der Waals surface area contributed by atoms with E-state index in [2.05, 4.69) is 21.2 Å². The van der Waals surface area contributed by atoms with Gasteiger partial charge in [0.1, 0.15) is 5.57 Å². The molecule has 1 aliphatic heterocycles. The second kappa shape index (κ2) is 8.34. The van der Waals surface area contributed by atoms with Crippen LogP contribution in [0.2, 0.25) is 0 Å². The fourth-order valence-electron chi connectivity index (χ4n) is 2.95. The van der Waals surface area contributed by atoms with E-state index in [-0.39, 0.29) is 22.2 Å². The van der Waals surface area contributed by atoms with Crippen LogP contribution in [0.5, 0.6) is 11.5 Å². The number of anilines is 1. The van der Waals surface area contributed by atoms with Crippen LogP contribution in [0.4, 0.5) is 5.69 Å². The third-order valence-corrected chi connectivity index (χ3v) is 5.57. The Balaban J connectivity index is 2.09. The molecule has 1 fully saturated rings. The molecule has 2 amide bonds. The molecule has 1 heterocycles.